The van der Waals surface area contributed by atoms with Gasteiger partial charge < -0.3 is 9.84 Å². The summed E-state index contributed by atoms with van der Waals surface area (Å²) in [6.07, 6.45) is 2.09. The number of rotatable bonds is 5. The molecule has 0 aliphatic heterocycles. The summed E-state index contributed by atoms with van der Waals surface area (Å²) in [5.74, 6) is 0.525. The SMILES string of the molecule is COc1c(C)ccc(C(C)C)c1C1(CC(=O)O)CC1. The van der Waals surface area contributed by atoms with E-state index in [4.69, 9.17) is 4.74 Å². The zero-order chi connectivity index (χ0) is 14.2. The molecule has 0 spiro atoms. The van der Waals surface area contributed by atoms with E-state index < -0.39 is 5.97 Å². The number of carboxylic acids is 1. The second-order valence-electron chi connectivity index (χ2n) is 5.89. The molecular formula is C16H22O3. The fourth-order valence-electron chi connectivity index (χ4n) is 2.95. The van der Waals surface area contributed by atoms with Crippen LogP contribution >= 0.6 is 0 Å². The first-order valence-electron chi connectivity index (χ1n) is 6.81. The maximum Gasteiger partial charge on any atom is 0.304 e. The van der Waals surface area contributed by atoms with Crippen LogP contribution in [0.1, 0.15) is 55.7 Å². The molecule has 1 aliphatic carbocycles. The number of aliphatic carboxylic acids is 1. The highest BCUT2D eigenvalue weighted by atomic mass is 16.5. The fourth-order valence-corrected chi connectivity index (χ4v) is 2.95. The minimum Gasteiger partial charge on any atom is -0.496 e. The van der Waals surface area contributed by atoms with Crippen molar-refractivity contribution in [3.8, 4) is 5.75 Å². The van der Waals surface area contributed by atoms with Crippen LogP contribution in [0.25, 0.3) is 0 Å². The summed E-state index contributed by atoms with van der Waals surface area (Å²) in [7, 11) is 1.67. The van der Waals surface area contributed by atoms with Crippen molar-refractivity contribution in [2.24, 2.45) is 0 Å². The highest BCUT2D eigenvalue weighted by molar-refractivity contribution is 5.71. The molecule has 19 heavy (non-hydrogen) atoms. The average molecular weight is 262 g/mol. The van der Waals surface area contributed by atoms with Gasteiger partial charge in [-0.15, -0.1) is 0 Å². The van der Waals surface area contributed by atoms with E-state index in [9.17, 15) is 9.90 Å². The van der Waals surface area contributed by atoms with Crippen LogP contribution in [0.15, 0.2) is 12.1 Å². The summed E-state index contributed by atoms with van der Waals surface area (Å²) in [6.45, 7) is 6.30. The van der Waals surface area contributed by atoms with Gasteiger partial charge in [0.1, 0.15) is 5.75 Å². The van der Waals surface area contributed by atoms with Crippen LogP contribution in [-0.4, -0.2) is 18.2 Å². The molecule has 1 aliphatic rings. The highest BCUT2D eigenvalue weighted by Crippen LogP contribution is 2.56. The Morgan fingerprint density at radius 3 is 2.47 bits per heavy atom. The molecule has 0 saturated heterocycles. The monoisotopic (exact) mass is 262 g/mol. The van der Waals surface area contributed by atoms with Crippen molar-refractivity contribution < 1.29 is 14.6 Å². The predicted molar refractivity (Wildman–Crippen MR) is 75.0 cm³/mol. The van der Waals surface area contributed by atoms with Crippen molar-refractivity contribution in [1.82, 2.24) is 0 Å². The van der Waals surface area contributed by atoms with Crippen molar-refractivity contribution >= 4 is 5.97 Å². The quantitative estimate of drug-likeness (QED) is 0.881. The predicted octanol–water partition coefficient (Wildman–Crippen LogP) is 3.63. The number of hydrogen-bond donors (Lipinski definition) is 1. The van der Waals surface area contributed by atoms with Crippen molar-refractivity contribution in [1.29, 1.82) is 0 Å². The summed E-state index contributed by atoms with van der Waals surface area (Å²) in [6, 6.07) is 4.19. The van der Waals surface area contributed by atoms with Gasteiger partial charge in [-0.25, -0.2) is 0 Å². The number of benzene rings is 1. The molecule has 104 valence electrons. The molecule has 0 aromatic heterocycles. The van der Waals surface area contributed by atoms with Crippen LogP contribution in [-0.2, 0) is 10.2 Å². The zero-order valence-corrected chi connectivity index (χ0v) is 12.1. The summed E-state index contributed by atoms with van der Waals surface area (Å²) in [5, 5.41) is 9.17. The van der Waals surface area contributed by atoms with Crippen LogP contribution in [0.2, 0.25) is 0 Å². The summed E-state index contributed by atoms with van der Waals surface area (Å²) in [5.41, 5.74) is 3.23. The Hall–Kier alpha value is -1.51. The molecule has 0 atom stereocenters. The van der Waals surface area contributed by atoms with Gasteiger partial charge in [0.2, 0.25) is 0 Å². The van der Waals surface area contributed by atoms with E-state index in [1.807, 2.05) is 6.92 Å². The molecule has 1 saturated carbocycles. The Balaban J connectivity index is 2.59. The van der Waals surface area contributed by atoms with Gasteiger partial charge in [0.05, 0.1) is 13.5 Å². The molecule has 0 unspecified atom stereocenters. The normalized spacial score (nSPS) is 16.5. The van der Waals surface area contributed by atoms with Crippen molar-refractivity contribution in [3.63, 3.8) is 0 Å². The number of ether oxygens (including phenoxy) is 1. The Labute approximate surface area is 114 Å². The van der Waals surface area contributed by atoms with E-state index in [2.05, 4.69) is 26.0 Å². The van der Waals surface area contributed by atoms with E-state index in [1.54, 1.807) is 7.11 Å². The van der Waals surface area contributed by atoms with E-state index >= 15 is 0 Å². The number of methoxy groups -OCH3 is 1. The second-order valence-corrected chi connectivity index (χ2v) is 5.89. The van der Waals surface area contributed by atoms with Gasteiger partial charge in [0.25, 0.3) is 0 Å². The molecule has 2 rings (SSSR count). The van der Waals surface area contributed by atoms with Crippen molar-refractivity contribution in [2.45, 2.75) is 51.4 Å². The molecule has 3 heteroatoms. The smallest absolute Gasteiger partial charge is 0.304 e. The molecular weight excluding hydrogens is 240 g/mol. The minimum atomic E-state index is -0.726. The number of hydrogen-bond acceptors (Lipinski definition) is 2. The summed E-state index contributed by atoms with van der Waals surface area (Å²) < 4.78 is 5.58. The first-order chi connectivity index (χ1) is 8.91. The highest BCUT2D eigenvalue weighted by Gasteiger charge is 2.49. The molecule has 0 heterocycles. The van der Waals surface area contributed by atoms with Crippen LogP contribution < -0.4 is 4.74 Å². The third kappa shape index (κ3) is 2.46. The minimum absolute atomic E-state index is 0.201. The van der Waals surface area contributed by atoms with Gasteiger partial charge in [-0.05, 0) is 36.8 Å². The zero-order valence-electron chi connectivity index (χ0n) is 12.1. The van der Waals surface area contributed by atoms with Gasteiger partial charge in [-0.2, -0.15) is 0 Å². The lowest BCUT2D eigenvalue weighted by Gasteiger charge is -2.24. The van der Waals surface area contributed by atoms with Gasteiger partial charge in [0, 0.05) is 11.0 Å². The van der Waals surface area contributed by atoms with Crippen LogP contribution in [0, 0.1) is 6.92 Å². The van der Waals surface area contributed by atoms with Crippen LogP contribution in [0.3, 0.4) is 0 Å². The third-order valence-corrected chi connectivity index (χ3v) is 4.09. The first kappa shape index (κ1) is 13.9. The van der Waals surface area contributed by atoms with Crippen LogP contribution in [0.5, 0.6) is 5.75 Å². The van der Waals surface area contributed by atoms with Crippen molar-refractivity contribution in [3.05, 3.63) is 28.8 Å². The molecule has 0 bridgehead atoms. The van der Waals surface area contributed by atoms with E-state index in [0.717, 1.165) is 29.7 Å². The number of carbonyl (C=O) groups is 1. The maximum absolute atomic E-state index is 11.2. The molecule has 1 aromatic carbocycles. The molecule has 1 fully saturated rings. The summed E-state index contributed by atoms with van der Waals surface area (Å²) >= 11 is 0. The Morgan fingerprint density at radius 1 is 1.42 bits per heavy atom. The van der Waals surface area contributed by atoms with Gasteiger partial charge >= 0.3 is 5.97 Å². The fraction of sp³-hybridized carbons (Fsp3) is 0.562. The lowest BCUT2D eigenvalue weighted by atomic mass is 9.82. The van der Waals surface area contributed by atoms with Gasteiger partial charge in [-0.3, -0.25) is 4.79 Å². The largest absolute Gasteiger partial charge is 0.496 e. The molecule has 0 radical (unpaired) electrons. The average Bonchev–Trinajstić information content (AvgIpc) is 3.07. The first-order valence-corrected chi connectivity index (χ1v) is 6.81. The third-order valence-electron chi connectivity index (χ3n) is 4.09. The number of aryl methyl sites for hydroxylation is 1. The summed E-state index contributed by atoms with van der Waals surface area (Å²) in [4.78, 5) is 11.2. The topological polar surface area (TPSA) is 46.5 Å². The molecule has 0 amide bonds. The van der Waals surface area contributed by atoms with E-state index in [-0.39, 0.29) is 11.8 Å². The Kier molecular flexibility index (Phi) is 3.57. The van der Waals surface area contributed by atoms with Gasteiger partial charge in [0.15, 0.2) is 0 Å². The van der Waals surface area contributed by atoms with E-state index in [1.165, 1.54) is 5.56 Å². The number of carboxylic acid groups (broad SMARTS) is 1. The molecule has 3 nitrogen and oxygen atoms in total. The maximum atomic E-state index is 11.2. The lowest BCUT2D eigenvalue weighted by molar-refractivity contribution is -0.137. The second kappa shape index (κ2) is 4.87. The standard InChI is InChI=1S/C16H22O3/c1-10(2)12-6-5-11(3)15(19-4)14(12)16(7-8-16)9-13(17)18/h5-6,10H,7-9H2,1-4H3,(H,17,18). The van der Waals surface area contributed by atoms with E-state index in [0.29, 0.717) is 5.92 Å². The molecule has 1 aromatic rings. The molecule has 1 N–H and O–H groups in total. The van der Waals surface area contributed by atoms with Crippen molar-refractivity contribution in [2.75, 3.05) is 7.11 Å². The van der Waals surface area contributed by atoms with Crippen LogP contribution in [0.4, 0.5) is 0 Å². The van der Waals surface area contributed by atoms with Gasteiger partial charge in [-0.1, -0.05) is 26.0 Å². The lowest BCUT2D eigenvalue weighted by Crippen LogP contribution is -2.17. The Morgan fingerprint density at radius 2 is 2.05 bits per heavy atom. The Bertz CT molecular complexity index is 499.